The van der Waals surface area contributed by atoms with E-state index in [1.165, 1.54) is 32.1 Å². The third-order valence-electron chi connectivity index (χ3n) is 3.34. The fraction of sp³-hybridized carbons (Fsp3) is 0.733. The lowest BCUT2D eigenvalue weighted by atomic mass is 10.1. The van der Waals surface area contributed by atoms with Crippen LogP contribution in [0.5, 0.6) is 0 Å². The van der Waals surface area contributed by atoms with Gasteiger partial charge in [0.25, 0.3) is 0 Å². The van der Waals surface area contributed by atoms with Crippen LogP contribution in [0.25, 0.3) is 0 Å². The van der Waals surface area contributed by atoms with Gasteiger partial charge >= 0.3 is 0 Å². The average molecular weight is 251 g/mol. The van der Waals surface area contributed by atoms with E-state index in [0.29, 0.717) is 6.17 Å². The van der Waals surface area contributed by atoms with Crippen LogP contribution in [0.15, 0.2) is 24.6 Å². The van der Waals surface area contributed by atoms with Gasteiger partial charge in [-0.2, -0.15) is 0 Å². The number of hydrogen-bond donors (Lipinski definition) is 2. The minimum atomic E-state index is 0.443. The molecule has 1 atom stereocenters. The molecular formula is C15H29N3. The first kappa shape index (κ1) is 15.1. The highest BCUT2D eigenvalue weighted by atomic mass is 15.3. The average Bonchev–Trinajstić information content (AvgIpc) is 2.81. The van der Waals surface area contributed by atoms with Gasteiger partial charge in [-0.25, -0.2) is 0 Å². The van der Waals surface area contributed by atoms with Crippen molar-refractivity contribution in [2.75, 3.05) is 13.1 Å². The predicted molar refractivity (Wildman–Crippen MR) is 79.0 cm³/mol. The number of rotatable bonds is 10. The van der Waals surface area contributed by atoms with Crippen molar-refractivity contribution in [1.29, 1.82) is 0 Å². The van der Waals surface area contributed by atoms with E-state index in [9.17, 15) is 0 Å². The lowest BCUT2D eigenvalue weighted by molar-refractivity contribution is 0.272. The summed E-state index contributed by atoms with van der Waals surface area (Å²) in [5.74, 6) is 0. The predicted octanol–water partition coefficient (Wildman–Crippen LogP) is 2.95. The van der Waals surface area contributed by atoms with Gasteiger partial charge in [-0.05, 0) is 25.7 Å². The Kier molecular flexibility index (Phi) is 8.40. The fourth-order valence-electron chi connectivity index (χ4n) is 2.26. The van der Waals surface area contributed by atoms with Crippen LogP contribution in [0.2, 0.25) is 0 Å². The Labute approximate surface area is 112 Å². The molecule has 0 bridgehead atoms. The molecule has 0 aromatic rings. The molecule has 0 aliphatic carbocycles. The van der Waals surface area contributed by atoms with Gasteiger partial charge in [0, 0.05) is 25.5 Å². The Morgan fingerprint density at radius 3 is 2.83 bits per heavy atom. The van der Waals surface area contributed by atoms with Crippen molar-refractivity contribution in [1.82, 2.24) is 10.2 Å². The number of hydrogen-bond acceptors (Lipinski definition) is 3. The Morgan fingerprint density at radius 2 is 2.06 bits per heavy atom. The van der Waals surface area contributed by atoms with E-state index in [4.69, 9.17) is 5.73 Å². The smallest absolute Gasteiger partial charge is 0.0984 e. The van der Waals surface area contributed by atoms with E-state index < -0.39 is 0 Å². The maximum atomic E-state index is 5.59. The van der Waals surface area contributed by atoms with E-state index in [2.05, 4.69) is 35.5 Å². The van der Waals surface area contributed by atoms with E-state index in [1.54, 1.807) is 0 Å². The number of nitrogens with zero attached hydrogens (tertiary/aromatic N) is 1. The van der Waals surface area contributed by atoms with Gasteiger partial charge in [0.2, 0.25) is 0 Å². The molecule has 1 aliphatic heterocycles. The minimum Gasteiger partial charge on any atom is -0.370 e. The van der Waals surface area contributed by atoms with E-state index in [0.717, 1.165) is 25.9 Å². The molecule has 3 N–H and O–H groups in total. The summed E-state index contributed by atoms with van der Waals surface area (Å²) in [6, 6.07) is 0. The highest BCUT2D eigenvalue weighted by Crippen LogP contribution is 2.10. The highest BCUT2D eigenvalue weighted by molar-refractivity contribution is 4.95. The van der Waals surface area contributed by atoms with Crippen LogP contribution in [0.1, 0.15) is 51.9 Å². The van der Waals surface area contributed by atoms with E-state index in [-0.39, 0.29) is 0 Å². The van der Waals surface area contributed by atoms with Crippen LogP contribution in [-0.2, 0) is 0 Å². The largest absolute Gasteiger partial charge is 0.370 e. The van der Waals surface area contributed by atoms with Gasteiger partial charge in [-0.3, -0.25) is 0 Å². The maximum absolute atomic E-state index is 5.59. The first-order valence-corrected chi connectivity index (χ1v) is 7.42. The van der Waals surface area contributed by atoms with Crippen molar-refractivity contribution in [3.63, 3.8) is 0 Å². The summed E-state index contributed by atoms with van der Waals surface area (Å²) in [6.45, 7) is 3.91. The zero-order valence-electron chi connectivity index (χ0n) is 11.8. The van der Waals surface area contributed by atoms with Crippen molar-refractivity contribution in [3.05, 3.63) is 24.6 Å². The monoisotopic (exact) mass is 251 g/mol. The van der Waals surface area contributed by atoms with Crippen LogP contribution >= 0.6 is 0 Å². The molecule has 1 aliphatic rings. The van der Waals surface area contributed by atoms with Crippen LogP contribution < -0.4 is 11.1 Å². The summed E-state index contributed by atoms with van der Waals surface area (Å²) in [5, 5.41) is 3.37. The molecule has 104 valence electrons. The second-order valence-electron chi connectivity index (χ2n) is 4.92. The number of nitrogens with one attached hydrogen (secondary N) is 1. The number of allylic oxidation sites excluding steroid dienone is 2. The summed E-state index contributed by atoms with van der Waals surface area (Å²) in [5.41, 5.74) is 5.59. The lowest BCUT2D eigenvalue weighted by Gasteiger charge is -2.24. The topological polar surface area (TPSA) is 41.3 Å². The van der Waals surface area contributed by atoms with Gasteiger partial charge < -0.3 is 16.0 Å². The molecule has 3 nitrogen and oxygen atoms in total. The molecule has 0 spiro atoms. The second-order valence-corrected chi connectivity index (χ2v) is 4.92. The first-order chi connectivity index (χ1) is 8.88. The summed E-state index contributed by atoms with van der Waals surface area (Å²) in [6.07, 6.45) is 18.2. The standard InChI is InChI=1S/C15H29N3/c1-2-3-4-5-6-7-8-9-10-15-17-12-14-18(15)13-11-16/h7-8,12,14-15,17H,2-6,9-11,13,16H2,1H3/b8-7+. The third kappa shape index (κ3) is 6.10. The Morgan fingerprint density at radius 1 is 1.22 bits per heavy atom. The van der Waals surface area contributed by atoms with Crippen LogP contribution in [0.4, 0.5) is 0 Å². The van der Waals surface area contributed by atoms with Crippen LogP contribution in [0, 0.1) is 0 Å². The van der Waals surface area contributed by atoms with Gasteiger partial charge in [0.15, 0.2) is 0 Å². The quantitative estimate of drug-likeness (QED) is 0.463. The van der Waals surface area contributed by atoms with Gasteiger partial charge in [0.1, 0.15) is 0 Å². The molecule has 1 unspecified atom stereocenters. The Hall–Kier alpha value is -0.960. The van der Waals surface area contributed by atoms with Crippen molar-refractivity contribution >= 4 is 0 Å². The van der Waals surface area contributed by atoms with E-state index >= 15 is 0 Å². The summed E-state index contributed by atoms with van der Waals surface area (Å²) >= 11 is 0. The molecular weight excluding hydrogens is 222 g/mol. The van der Waals surface area contributed by atoms with Gasteiger partial charge in [-0.1, -0.05) is 38.3 Å². The zero-order chi connectivity index (χ0) is 13.1. The van der Waals surface area contributed by atoms with Crippen molar-refractivity contribution in [2.24, 2.45) is 5.73 Å². The van der Waals surface area contributed by atoms with Gasteiger partial charge in [-0.15, -0.1) is 0 Å². The number of unbranched alkanes of at least 4 members (excludes halogenated alkanes) is 4. The Bertz CT molecular complexity index is 248. The maximum Gasteiger partial charge on any atom is 0.0984 e. The number of nitrogens with two attached hydrogens (primary N) is 1. The molecule has 18 heavy (non-hydrogen) atoms. The van der Waals surface area contributed by atoms with Crippen LogP contribution in [0.3, 0.4) is 0 Å². The van der Waals surface area contributed by atoms with Crippen molar-refractivity contribution in [3.8, 4) is 0 Å². The molecule has 3 heteroatoms. The third-order valence-corrected chi connectivity index (χ3v) is 3.34. The first-order valence-electron chi connectivity index (χ1n) is 7.42. The van der Waals surface area contributed by atoms with Crippen LogP contribution in [-0.4, -0.2) is 24.2 Å². The molecule has 0 radical (unpaired) electrons. The molecule has 0 amide bonds. The second kappa shape index (κ2) is 10.0. The molecule has 0 aromatic carbocycles. The molecule has 0 fully saturated rings. The SMILES string of the molecule is CCCCCC/C=C/CCC1NC=CN1CCN. The van der Waals surface area contributed by atoms with Crippen molar-refractivity contribution in [2.45, 2.75) is 58.0 Å². The molecule has 0 saturated carbocycles. The minimum absolute atomic E-state index is 0.443. The molecule has 0 saturated heterocycles. The summed E-state index contributed by atoms with van der Waals surface area (Å²) in [7, 11) is 0. The lowest BCUT2D eigenvalue weighted by Crippen LogP contribution is -2.37. The van der Waals surface area contributed by atoms with E-state index in [1.807, 2.05) is 6.20 Å². The molecule has 1 heterocycles. The Balaban J connectivity index is 2.01. The summed E-state index contributed by atoms with van der Waals surface area (Å²) < 4.78 is 0. The molecule has 0 aromatic heterocycles. The van der Waals surface area contributed by atoms with Crippen molar-refractivity contribution < 1.29 is 0 Å². The summed E-state index contributed by atoms with van der Waals surface area (Å²) in [4.78, 5) is 2.29. The highest BCUT2D eigenvalue weighted by Gasteiger charge is 2.15. The molecule has 1 rings (SSSR count). The normalized spacial score (nSPS) is 18.8. The fourth-order valence-corrected chi connectivity index (χ4v) is 2.26. The zero-order valence-corrected chi connectivity index (χ0v) is 11.8. The van der Waals surface area contributed by atoms with Gasteiger partial charge in [0.05, 0.1) is 6.17 Å².